The quantitative estimate of drug-likeness (QED) is 0.298. The van der Waals surface area contributed by atoms with Gasteiger partial charge in [-0.2, -0.15) is 0 Å². The third-order valence-corrected chi connectivity index (χ3v) is 11.5. The van der Waals surface area contributed by atoms with Crippen molar-refractivity contribution < 1.29 is 13.2 Å². The summed E-state index contributed by atoms with van der Waals surface area (Å²) in [7, 11) is 0. The van der Waals surface area contributed by atoms with Gasteiger partial charge in [-0.25, -0.2) is 13.2 Å². The van der Waals surface area contributed by atoms with Crippen LogP contribution in [-0.2, 0) is 0 Å². The molecule has 204 valence electrons. The molecular weight excluding hydrogens is 441 g/mol. The Morgan fingerprint density at radius 2 is 1.09 bits per heavy atom. The second-order valence-corrected chi connectivity index (χ2v) is 13.4. The Balaban J connectivity index is 1.16. The summed E-state index contributed by atoms with van der Waals surface area (Å²) in [5.74, 6) is 3.10. The average Bonchev–Trinajstić information content (AvgIpc) is 2.89. The van der Waals surface area contributed by atoms with E-state index in [1.165, 1.54) is 44.9 Å². The Labute approximate surface area is 215 Å². The fraction of sp³-hybridized carbons (Fsp3) is 1.00. The molecule has 7 atom stereocenters. The largest absolute Gasteiger partial charge is 0.247 e. The van der Waals surface area contributed by atoms with Crippen LogP contribution in [0.5, 0.6) is 0 Å². The topological polar surface area (TPSA) is 0 Å². The summed E-state index contributed by atoms with van der Waals surface area (Å²) >= 11 is 0. The predicted octanol–water partition coefficient (Wildman–Crippen LogP) is 10.4. The van der Waals surface area contributed by atoms with E-state index < -0.39 is 18.5 Å². The molecule has 0 radical (unpaired) electrons. The van der Waals surface area contributed by atoms with E-state index >= 15 is 8.78 Å². The smallest absolute Gasteiger partial charge is 0.134 e. The van der Waals surface area contributed by atoms with Crippen molar-refractivity contribution in [3.8, 4) is 0 Å². The minimum Gasteiger partial charge on any atom is -0.247 e. The second kappa shape index (κ2) is 13.5. The third-order valence-electron chi connectivity index (χ3n) is 11.5. The van der Waals surface area contributed by atoms with Crippen LogP contribution in [0.1, 0.15) is 136 Å². The van der Waals surface area contributed by atoms with Gasteiger partial charge in [-0.15, -0.1) is 0 Å². The minimum absolute atomic E-state index is 0.0268. The number of hydrogen-bond donors (Lipinski definition) is 0. The van der Waals surface area contributed by atoms with Gasteiger partial charge in [-0.1, -0.05) is 71.6 Å². The van der Waals surface area contributed by atoms with E-state index in [9.17, 15) is 4.39 Å². The Kier molecular flexibility index (Phi) is 10.8. The second-order valence-electron chi connectivity index (χ2n) is 13.4. The van der Waals surface area contributed by atoms with Crippen LogP contribution in [-0.4, -0.2) is 18.5 Å². The van der Waals surface area contributed by atoms with Gasteiger partial charge in [0, 0.05) is 0 Å². The molecule has 0 aromatic heterocycles. The monoisotopic (exact) mass is 496 g/mol. The predicted molar refractivity (Wildman–Crippen MR) is 142 cm³/mol. The zero-order valence-electron chi connectivity index (χ0n) is 22.9. The highest BCUT2D eigenvalue weighted by atomic mass is 19.2. The van der Waals surface area contributed by atoms with Gasteiger partial charge in [0.05, 0.1) is 0 Å². The van der Waals surface area contributed by atoms with Crippen molar-refractivity contribution in [2.24, 2.45) is 47.3 Å². The van der Waals surface area contributed by atoms with Crippen molar-refractivity contribution >= 4 is 0 Å². The summed E-state index contributed by atoms with van der Waals surface area (Å²) < 4.78 is 45.5. The van der Waals surface area contributed by atoms with Crippen LogP contribution in [0.2, 0.25) is 0 Å². The molecule has 0 bridgehead atoms. The van der Waals surface area contributed by atoms with Gasteiger partial charge in [0.1, 0.15) is 18.5 Å². The van der Waals surface area contributed by atoms with Gasteiger partial charge in [0.15, 0.2) is 0 Å². The van der Waals surface area contributed by atoms with Gasteiger partial charge in [0.25, 0.3) is 0 Å². The van der Waals surface area contributed by atoms with Crippen molar-refractivity contribution in [2.45, 2.75) is 154 Å². The molecule has 0 N–H and O–H groups in total. The first-order valence-electron chi connectivity index (χ1n) is 15.9. The summed E-state index contributed by atoms with van der Waals surface area (Å²) in [5, 5.41) is 0. The van der Waals surface area contributed by atoms with Crippen LogP contribution in [0, 0.1) is 47.3 Å². The molecule has 4 rings (SSSR count). The van der Waals surface area contributed by atoms with E-state index in [1.54, 1.807) is 0 Å². The van der Waals surface area contributed by atoms with Crippen molar-refractivity contribution in [3.05, 3.63) is 0 Å². The van der Waals surface area contributed by atoms with Crippen LogP contribution in [0.25, 0.3) is 0 Å². The summed E-state index contributed by atoms with van der Waals surface area (Å²) in [6, 6.07) is 0. The van der Waals surface area contributed by atoms with Gasteiger partial charge in [-0.3, -0.25) is 0 Å². The van der Waals surface area contributed by atoms with E-state index in [-0.39, 0.29) is 17.8 Å². The Morgan fingerprint density at radius 3 is 1.60 bits per heavy atom. The van der Waals surface area contributed by atoms with Crippen LogP contribution in [0.4, 0.5) is 13.2 Å². The number of halogens is 3. The lowest BCUT2D eigenvalue weighted by molar-refractivity contribution is -0.0371. The Hall–Kier alpha value is -0.210. The number of unbranched alkanes of at least 4 members (excludes halogenated alkanes) is 1. The first-order valence-corrected chi connectivity index (χ1v) is 15.9. The zero-order chi connectivity index (χ0) is 24.8. The van der Waals surface area contributed by atoms with Crippen molar-refractivity contribution in [1.29, 1.82) is 0 Å². The van der Waals surface area contributed by atoms with Crippen LogP contribution in [0.3, 0.4) is 0 Å². The van der Waals surface area contributed by atoms with Crippen molar-refractivity contribution in [1.82, 2.24) is 0 Å². The number of alkyl halides is 3. The Morgan fingerprint density at radius 1 is 0.543 bits per heavy atom. The van der Waals surface area contributed by atoms with E-state index in [0.717, 1.165) is 83.0 Å². The highest BCUT2D eigenvalue weighted by Crippen LogP contribution is 2.49. The number of rotatable bonds is 9. The third kappa shape index (κ3) is 7.22. The highest BCUT2D eigenvalue weighted by Gasteiger charge is 2.46. The van der Waals surface area contributed by atoms with Gasteiger partial charge in [0.2, 0.25) is 0 Å². The van der Waals surface area contributed by atoms with Crippen molar-refractivity contribution in [3.63, 3.8) is 0 Å². The van der Waals surface area contributed by atoms with Crippen LogP contribution >= 0.6 is 0 Å². The van der Waals surface area contributed by atoms with E-state index in [4.69, 9.17) is 0 Å². The molecule has 0 nitrogen and oxygen atoms in total. The molecule has 7 unspecified atom stereocenters. The van der Waals surface area contributed by atoms with Crippen molar-refractivity contribution in [2.75, 3.05) is 0 Å². The lowest BCUT2D eigenvalue weighted by atomic mass is 9.63. The summed E-state index contributed by atoms with van der Waals surface area (Å²) in [4.78, 5) is 0. The molecule has 0 amide bonds. The highest BCUT2D eigenvalue weighted by molar-refractivity contribution is 4.95. The molecule has 4 aliphatic carbocycles. The number of hydrogen-bond acceptors (Lipinski definition) is 0. The standard InChI is InChI=1S/C32H55F3/c1-3-5-6-24-12-18-27(30(33)21-24)17-11-23-9-15-26(16-10-23)29-20-19-28(31(34)32(29)35)25-13-7-22(4-2)8-14-25/h22-32H,3-21H2,1-2H3. The SMILES string of the molecule is CCCCC1CCC(CCC2CCC(C3CCC(C4CCC(CC)CC4)C(F)C3F)CC2)C(F)C1. The maximum absolute atomic E-state index is 15.4. The zero-order valence-corrected chi connectivity index (χ0v) is 22.9. The minimum atomic E-state index is -1.24. The van der Waals surface area contributed by atoms with Crippen LogP contribution in [0.15, 0.2) is 0 Å². The summed E-state index contributed by atoms with van der Waals surface area (Å²) in [6.45, 7) is 4.48. The molecule has 0 aliphatic heterocycles. The van der Waals surface area contributed by atoms with Gasteiger partial charge >= 0.3 is 0 Å². The molecule has 0 aromatic rings. The van der Waals surface area contributed by atoms with Gasteiger partial charge in [-0.05, 0) is 112 Å². The molecule has 4 saturated carbocycles. The molecule has 4 fully saturated rings. The molecule has 0 aromatic carbocycles. The van der Waals surface area contributed by atoms with Gasteiger partial charge < -0.3 is 0 Å². The average molecular weight is 497 g/mol. The maximum Gasteiger partial charge on any atom is 0.134 e. The molecular formula is C32H55F3. The fourth-order valence-electron chi connectivity index (χ4n) is 8.89. The molecule has 35 heavy (non-hydrogen) atoms. The first kappa shape index (κ1) is 27.8. The normalized spacial score (nSPS) is 45.3. The molecule has 0 heterocycles. The lowest BCUT2D eigenvalue weighted by Crippen LogP contribution is -2.45. The van der Waals surface area contributed by atoms with Crippen LogP contribution < -0.4 is 0 Å². The molecule has 4 aliphatic rings. The Bertz CT molecular complexity index is 592. The molecule has 0 saturated heterocycles. The fourth-order valence-corrected chi connectivity index (χ4v) is 8.89. The molecule has 3 heteroatoms. The van der Waals surface area contributed by atoms with E-state index in [0.29, 0.717) is 23.7 Å². The summed E-state index contributed by atoms with van der Waals surface area (Å²) in [5.41, 5.74) is 0. The lowest BCUT2D eigenvalue weighted by Gasteiger charge is -2.44. The molecule has 0 spiro atoms. The summed E-state index contributed by atoms with van der Waals surface area (Å²) in [6.07, 6.45) is 18.1. The maximum atomic E-state index is 15.4. The first-order chi connectivity index (χ1) is 17.0. The van der Waals surface area contributed by atoms with E-state index in [2.05, 4.69) is 13.8 Å². The van der Waals surface area contributed by atoms with E-state index in [1.807, 2.05) is 0 Å².